The van der Waals surface area contributed by atoms with Gasteiger partial charge in [0.15, 0.2) is 0 Å². The maximum atomic E-state index is 11.4. The van der Waals surface area contributed by atoms with Crippen molar-refractivity contribution in [2.24, 2.45) is 5.41 Å². The Bertz CT molecular complexity index is 329. The van der Waals surface area contributed by atoms with Gasteiger partial charge in [-0.15, -0.1) is 11.3 Å². The summed E-state index contributed by atoms with van der Waals surface area (Å²) < 4.78 is 0. The van der Waals surface area contributed by atoms with Gasteiger partial charge in [0.25, 0.3) is 0 Å². The lowest BCUT2D eigenvalue weighted by Crippen LogP contribution is -2.30. The minimum Gasteiger partial charge on any atom is -0.300 e. The summed E-state index contributed by atoms with van der Waals surface area (Å²) in [6.45, 7) is 4.48. The molecule has 0 N–H and O–H groups in total. The lowest BCUT2D eigenvalue weighted by molar-refractivity contribution is -0.122. The zero-order chi connectivity index (χ0) is 10.2. The van der Waals surface area contributed by atoms with E-state index in [4.69, 9.17) is 0 Å². The number of carbonyl (C=O) groups excluding carboxylic acids is 1. The summed E-state index contributed by atoms with van der Waals surface area (Å²) in [4.78, 5) is 15.8. The standard InChI is InChI=1S/C11H15NOS/c1-11(2)4-3-8(13)7-9(11)10-12-5-6-14-10/h5-6,9H,3-4,7H2,1-2H3. The smallest absolute Gasteiger partial charge is 0.133 e. The first kappa shape index (κ1) is 9.84. The summed E-state index contributed by atoms with van der Waals surface area (Å²) in [6, 6.07) is 0. The van der Waals surface area contributed by atoms with Gasteiger partial charge in [-0.25, -0.2) is 4.98 Å². The topological polar surface area (TPSA) is 30.0 Å². The van der Waals surface area contributed by atoms with Crippen LogP contribution < -0.4 is 0 Å². The van der Waals surface area contributed by atoms with Crippen LogP contribution in [-0.4, -0.2) is 10.8 Å². The van der Waals surface area contributed by atoms with E-state index < -0.39 is 0 Å². The van der Waals surface area contributed by atoms with Crippen molar-refractivity contribution in [3.8, 4) is 0 Å². The van der Waals surface area contributed by atoms with E-state index in [1.807, 2.05) is 11.6 Å². The molecule has 0 saturated heterocycles. The molecule has 2 nitrogen and oxygen atoms in total. The van der Waals surface area contributed by atoms with Crippen LogP contribution in [0.5, 0.6) is 0 Å². The van der Waals surface area contributed by atoms with Gasteiger partial charge in [0.2, 0.25) is 0 Å². The van der Waals surface area contributed by atoms with Crippen molar-refractivity contribution < 1.29 is 4.79 Å². The van der Waals surface area contributed by atoms with Crippen LogP contribution in [0.25, 0.3) is 0 Å². The van der Waals surface area contributed by atoms with Gasteiger partial charge in [-0.3, -0.25) is 4.79 Å². The maximum Gasteiger partial charge on any atom is 0.133 e. The lowest BCUT2D eigenvalue weighted by atomic mass is 9.69. The Morgan fingerprint density at radius 2 is 2.36 bits per heavy atom. The highest BCUT2D eigenvalue weighted by Crippen LogP contribution is 2.45. The first-order valence-electron chi connectivity index (χ1n) is 5.01. The molecule has 3 heteroatoms. The summed E-state index contributed by atoms with van der Waals surface area (Å²) >= 11 is 1.67. The number of carbonyl (C=O) groups is 1. The second-order valence-corrected chi connectivity index (χ2v) is 5.58. The van der Waals surface area contributed by atoms with Crippen molar-refractivity contribution in [1.29, 1.82) is 0 Å². The SMILES string of the molecule is CC1(C)CCC(=O)CC1c1nccs1. The van der Waals surface area contributed by atoms with Gasteiger partial charge in [-0.1, -0.05) is 13.8 Å². The van der Waals surface area contributed by atoms with Crippen molar-refractivity contribution in [2.45, 2.75) is 39.0 Å². The molecule has 1 fully saturated rings. The van der Waals surface area contributed by atoms with Crippen molar-refractivity contribution >= 4 is 17.1 Å². The number of rotatable bonds is 1. The van der Waals surface area contributed by atoms with Gasteiger partial charge in [0.05, 0.1) is 5.01 Å². The summed E-state index contributed by atoms with van der Waals surface area (Å²) in [5.41, 5.74) is 0.228. The van der Waals surface area contributed by atoms with E-state index in [0.29, 0.717) is 18.1 Å². The predicted octanol–water partition coefficient (Wildman–Crippen LogP) is 3.01. The van der Waals surface area contributed by atoms with Gasteiger partial charge in [0.1, 0.15) is 5.78 Å². The Hall–Kier alpha value is -0.700. The Balaban J connectivity index is 2.27. The van der Waals surface area contributed by atoms with Gasteiger partial charge >= 0.3 is 0 Å². The van der Waals surface area contributed by atoms with Crippen LogP contribution in [0.3, 0.4) is 0 Å². The second kappa shape index (κ2) is 3.46. The second-order valence-electron chi connectivity index (χ2n) is 4.65. The Kier molecular flexibility index (Phi) is 2.43. The van der Waals surface area contributed by atoms with Crippen LogP contribution in [0.15, 0.2) is 11.6 Å². The number of nitrogens with zero attached hydrogens (tertiary/aromatic N) is 1. The highest BCUT2D eigenvalue weighted by Gasteiger charge is 2.37. The van der Waals surface area contributed by atoms with Crippen molar-refractivity contribution in [2.75, 3.05) is 0 Å². The van der Waals surface area contributed by atoms with Crippen molar-refractivity contribution in [3.63, 3.8) is 0 Å². The molecule has 1 aliphatic rings. The molecule has 0 radical (unpaired) electrons. The highest BCUT2D eigenvalue weighted by atomic mass is 32.1. The van der Waals surface area contributed by atoms with Crippen LogP contribution in [0.4, 0.5) is 0 Å². The fourth-order valence-corrected chi connectivity index (χ4v) is 3.02. The van der Waals surface area contributed by atoms with Crippen LogP contribution in [0, 0.1) is 5.41 Å². The molecule has 0 bridgehead atoms. The molecule has 1 aromatic rings. The number of Topliss-reactive ketones (excluding diaryl/α,β-unsaturated/α-hetero) is 1. The quantitative estimate of drug-likeness (QED) is 0.711. The minimum absolute atomic E-state index is 0.228. The normalized spacial score (nSPS) is 26.4. The first-order valence-corrected chi connectivity index (χ1v) is 5.89. The van der Waals surface area contributed by atoms with E-state index in [9.17, 15) is 4.79 Å². The number of thiazole rings is 1. The summed E-state index contributed by atoms with van der Waals surface area (Å²) in [6.07, 6.45) is 4.25. The fraction of sp³-hybridized carbons (Fsp3) is 0.636. The monoisotopic (exact) mass is 209 g/mol. The molecule has 1 unspecified atom stereocenters. The zero-order valence-corrected chi connectivity index (χ0v) is 9.43. The largest absolute Gasteiger partial charge is 0.300 e. The third-order valence-corrected chi connectivity index (χ3v) is 4.06. The van der Waals surface area contributed by atoms with Gasteiger partial charge in [-0.2, -0.15) is 0 Å². The fourth-order valence-electron chi connectivity index (χ4n) is 2.07. The average molecular weight is 209 g/mol. The molecule has 1 aliphatic carbocycles. The van der Waals surface area contributed by atoms with Crippen molar-refractivity contribution in [1.82, 2.24) is 4.98 Å². The minimum atomic E-state index is 0.228. The highest BCUT2D eigenvalue weighted by molar-refractivity contribution is 7.09. The lowest BCUT2D eigenvalue weighted by Gasteiger charge is -2.36. The average Bonchev–Trinajstić information content (AvgIpc) is 2.62. The van der Waals surface area contributed by atoms with Crippen molar-refractivity contribution in [3.05, 3.63) is 16.6 Å². The van der Waals surface area contributed by atoms with Gasteiger partial charge in [-0.05, 0) is 11.8 Å². The number of hydrogen-bond donors (Lipinski definition) is 0. The number of hydrogen-bond acceptors (Lipinski definition) is 3. The summed E-state index contributed by atoms with van der Waals surface area (Å²) in [5.74, 6) is 0.730. The molecule has 0 aliphatic heterocycles. The molecular formula is C11H15NOS. The van der Waals surface area contributed by atoms with Crippen LogP contribution in [0.2, 0.25) is 0 Å². The third kappa shape index (κ3) is 1.73. The zero-order valence-electron chi connectivity index (χ0n) is 8.62. The van der Waals surface area contributed by atoms with Gasteiger partial charge < -0.3 is 0 Å². The molecule has 0 amide bonds. The maximum absolute atomic E-state index is 11.4. The Labute approximate surface area is 88.4 Å². The molecule has 14 heavy (non-hydrogen) atoms. The summed E-state index contributed by atoms with van der Waals surface area (Å²) in [5, 5.41) is 3.12. The van der Waals surface area contributed by atoms with E-state index in [0.717, 1.165) is 17.8 Å². The third-order valence-electron chi connectivity index (χ3n) is 3.17. The molecule has 0 spiro atoms. The molecule has 1 atom stereocenters. The Morgan fingerprint density at radius 1 is 1.57 bits per heavy atom. The molecule has 1 heterocycles. The molecule has 2 rings (SSSR count). The van der Waals surface area contributed by atoms with E-state index >= 15 is 0 Å². The summed E-state index contributed by atoms with van der Waals surface area (Å²) in [7, 11) is 0. The first-order chi connectivity index (χ1) is 6.59. The van der Waals surface area contributed by atoms with Crippen LogP contribution in [-0.2, 0) is 4.79 Å². The molecule has 1 aromatic heterocycles. The molecular weight excluding hydrogens is 194 g/mol. The molecule has 1 saturated carbocycles. The number of aromatic nitrogens is 1. The molecule has 0 aromatic carbocycles. The van der Waals surface area contributed by atoms with E-state index in [-0.39, 0.29) is 5.41 Å². The van der Waals surface area contributed by atoms with E-state index in [2.05, 4.69) is 18.8 Å². The Morgan fingerprint density at radius 3 is 3.00 bits per heavy atom. The van der Waals surface area contributed by atoms with E-state index in [1.54, 1.807) is 11.3 Å². The number of ketones is 1. The van der Waals surface area contributed by atoms with E-state index in [1.165, 1.54) is 0 Å². The van der Waals surface area contributed by atoms with Crippen LogP contribution >= 0.6 is 11.3 Å². The van der Waals surface area contributed by atoms with Gasteiger partial charge in [0, 0.05) is 30.3 Å². The predicted molar refractivity (Wildman–Crippen MR) is 57.5 cm³/mol. The molecule has 76 valence electrons. The van der Waals surface area contributed by atoms with Crippen LogP contribution in [0.1, 0.15) is 44.0 Å².